The van der Waals surface area contributed by atoms with Crippen LogP contribution < -0.4 is 15.5 Å². The third kappa shape index (κ3) is 2.73. The summed E-state index contributed by atoms with van der Waals surface area (Å²) in [7, 11) is 2.01. The van der Waals surface area contributed by atoms with Crippen molar-refractivity contribution in [2.24, 2.45) is 0 Å². The number of nitrogen functional groups attached to an aromatic ring is 1. The molecule has 124 valence electrons. The average molecular weight is 323 g/mol. The summed E-state index contributed by atoms with van der Waals surface area (Å²) in [4.78, 5) is 17.6. The monoisotopic (exact) mass is 323 g/mol. The zero-order valence-electron chi connectivity index (χ0n) is 13.8. The van der Waals surface area contributed by atoms with Crippen molar-refractivity contribution in [2.75, 3.05) is 35.7 Å². The Morgan fingerprint density at radius 1 is 1.21 bits per heavy atom. The lowest BCUT2D eigenvalue weighted by molar-refractivity contribution is 0.845. The predicted molar refractivity (Wildman–Crippen MR) is 95.2 cm³/mol. The van der Waals surface area contributed by atoms with Crippen LogP contribution >= 0.6 is 0 Å². The molecule has 1 aliphatic heterocycles. The van der Waals surface area contributed by atoms with Gasteiger partial charge in [0.1, 0.15) is 17.3 Å². The summed E-state index contributed by atoms with van der Waals surface area (Å²) in [6.07, 6.45) is 6.33. The van der Waals surface area contributed by atoms with Gasteiger partial charge in [0.15, 0.2) is 0 Å². The summed E-state index contributed by atoms with van der Waals surface area (Å²) >= 11 is 0. The third-order valence-electron chi connectivity index (χ3n) is 4.43. The molecule has 7 nitrogen and oxygen atoms in total. The Morgan fingerprint density at radius 3 is 2.88 bits per heavy atom. The van der Waals surface area contributed by atoms with E-state index in [1.165, 1.54) is 12.8 Å². The van der Waals surface area contributed by atoms with Crippen LogP contribution in [0, 0.1) is 0 Å². The summed E-state index contributed by atoms with van der Waals surface area (Å²) in [5, 5.41) is 0. The second kappa shape index (κ2) is 5.99. The number of pyridine rings is 1. The van der Waals surface area contributed by atoms with Gasteiger partial charge in [-0.1, -0.05) is 6.07 Å². The standard InChI is InChI=1S/C17H21N7/c1-22(12-13-11-19-14-6-2-3-9-24(13)14)15-10-16(21-17(18)20-15)23-7-4-5-8-23/h2-3,6,9-11H,4-5,7-8,12H2,1H3,(H2,18,20,21). The maximum Gasteiger partial charge on any atom is 0.223 e. The Balaban J connectivity index is 1.60. The van der Waals surface area contributed by atoms with Crippen molar-refractivity contribution in [1.82, 2.24) is 19.4 Å². The summed E-state index contributed by atoms with van der Waals surface area (Å²) in [6.45, 7) is 2.76. The average Bonchev–Trinajstić information content (AvgIpc) is 3.25. The van der Waals surface area contributed by atoms with Gasteiger partial charge in [0, 0.05) is 32.4 Å². The summed E-state index contributed by atoms with van der Waals surface area (Å²) in [5.74, 6) is 2.06. The Labute approximate surface area is 140 Å². The molecule has 0 bridgehead atoms. The van der Waals surface area contributed by atoms with Crippen LogP contribution in [0.1, 0.15) is 18.5 Å². The molecule has 0 atom stereocenters. The predicted octanol–water partition coefficient (Wildman–Crippen LogP) is 1.94. The lowest BCUT2D eigenvalue weighted by Crippen LogP contribution is -2.23. The number of rotatable bonds is 4. The van der Waals surface area contributed by atoms with E-state index in [4.69, 9.17) is 5.73 Å². The number of aromatic nitrogens is 4. The molecule has 3 aromatic rings. The number of nitrogens with two attached hydrogens (primary N) is 1. The highest BCUT2D eigenvalue weighted by molar-refractivity contribution is 5.54. The molecule has 0 spiro atoms. The first-order valence-electron chi connectivity index (χ1n) is 8.22. The number of nitrogens with zero attached hydrogens (tertiary/aromatic N) is 6. The van der Waals surface area contributed by atoms with Crippen molar-refractivity contribution in [3.8, 4) is 0 Å². The van der Waals surface area contributed by atoms with Gasteiger partial charge in [-0.2, -0.15) is 9.97 Å². The van der Waals surface area contributed by atoms with Gasteiger partial charge in [0.2, 0.25) is 5.95 Å². The molecule has 1 fully saturated rings. The zero-order chi connectivity index (χ0) is 16.5. The summed E-state index contributed by atoms with van der Waals surface area (Å²) in [5.41, 5.74) is 7.99. The quantitative estimate of drug-likeness (QED) is 0.791. The van der Waals surface area contributed by atoms with E-state index in [0.717, 1.165) is 36.1 Å². The smallest absolute Gasteiger partial charge is 0.223 e. The van der Waals surface area contributed by atoms with E-state index in [2.05, 4.69) is 29.2 Å². The molecule has 0 aliphatic carbocycles. The zero-order valence-corrected chi connectivity index (χ0v) is 13.8. The lowest BCUT2D eigenvalue weighted by Gasteiger charge is -2.22. The van der Waals surface area contributed by atoms with Gasteiger partial charge in [-0.05, 0) is 25.0 Å². The minimum Gasteiger partial charge on any atom is -0.368 e. The molecule has 7 heteroatoms. The van der Waals surface area contributed by atoms with Gasteiger partial charge in [0.05, 0.1) is 18.4 Å². The van der Waals surface area contributed by atoms with E-state index in [9.17, 15) is 0 Å². The molecular weight excluding hydrogens is 302 g/mol. The fourth-order valence-corrected chi connectivity index (χ4v) is 3.17. The molecule has 4 rings (SSSR count). The number of hydrogen-bond acceptors (Lipinski definition) is 6. The van der Waals surface area contributed by atoms with Gasteiger partial charge in [-0.25, -0.2) is 4.98 Å². The van der Waals surface area contributed by atoms with Gasteiger partial charge >= 0.3 is 0 Å². The van der Waals surface area contributed by atoms with Crippen LogP contribution in [-0.2, 0) is 6.54 Å². The van der Waals surface area contributed by atoms with E-state index in [-0.39, 0.29) is 0 Å². The molecular formula is C17H21N7. The topological polar surface area (TPSA) is 75.6 Å². The largest absolute Gasteiger partial charge is 0.368 e. The lowest BCUT2D eigenvalue weighted by atomic mass is 10.4. The van der Waals surface area contributed by atoms with Crippen molar-refractivity contribution in [3.05, 3.63) is 42.4 Å². The van der Waals surface area contributed by atoms with Gasteiger partial charge in [-0.3, -0.25) is 0 Å². The summed E-state index contributed by atoms with van der Waals surface area (Å²) in [6, 6.07) is 8.01. The van der Waals surface area contributed by atoms with E-state index < -0.39 is 0 Å². The van der Waals surface area contributed by atoms with Crippen LogP contribution in [0.25, 0.3) is 5.65 Å². The van der Waals surface area contributed by atoms with Crippen LogP contribution in [0.15, 0.2) is 36.7 Å². The first kappa shape index (κ1) is 14.7. The van der Waals surface area contributed by atoms with Crippen molar-refractivity contribution < 1.29 is 0 Å². The fourth-order valence-electron chi connectivity index (χ4n) is 3.17. The molecule has 0 amide bonds. The van der Waals surface area contributed by atoms with Crippen LogP contribution in [0.4, 0.5) is 17.6 Å². The first-order valence-corrected chi connectivity index (χ1v) is 8.22. The molecule has 0 radical (unpaired) electrons. The second-order valence-electron chi connectivity index (χ2n) is 6.17. The van der Waals surface area contributed by atoms with Gasteiger partial charge in [0.25, 0.3) is 0 Å². The van der Waals surface area contributed by atoms with Crippen molar-refractivity contribution in [1.29, 1.82) is 0 Å². The maximum absolute atomic E-state index is 5.94. The highest BCUT2D eigenvalue weighted by atomic mass is 15.3. The van der Waals surface area contributed by atoms with Crippen LogP contribution in [0.5, 0.6) is 0 Å². The van der Waals surface area contributed by atoms with E-state index in [1.54, 1.807) is 0 Å². The minimum atomic E-state index is 0.319. The molecule has 3 aromatic heterocycles. The number of anilines is 3. The van der Waals surface area contributed by atoms with Crippen molar-refractivity contribution in [3.63, 3.8) is 0 Å². The number of fused-ring (bicyclic) bond motifs is 1. The van der Waals surface area contributed by atoms with Crippen LogP contribution in [0.3, 0.4) is 0 Å². The van der Waals surface area contributed by atoms with E-state index in [0.29, 0.717) is 12.5 Å². The summed E-state index contributed by atoms with van der Waals surface area (Å²) < 4.78 is 2.09. The normalized spacial score (nSPS) is 14.5. The first-order chi connectivity index (χ1) is 11.7. The second-order valence-corrected chi connectivity index (χ2v) is 6.17. The molecule has 24 heavy (non-hydrogen) atoms. The molecule has 0 unspecified atom stereocenters. The highest BCUT2D eigenvalue weighted by Gasteiger charge is 2.17. The number of hydrogen-bond donors (Lipinski definition) is 1. The molecule has 0 saturated carbocycles. The Bertz CT molecular complexity index is 851. The van der Waals surface area contributed by atoms with E-state index in [1.807, 2.05) is 43.7 Å². The molecule has 2 N–H and O–H groups in total. The third-order valence-corrected chi connectivity index (χ3v) is 4.43. The molecule has 0 aromatic carbocycles. The Kier molecular flexibility index (Phi) is 3.68. The fraction of sp³-hybridized carbons (Fsp3) is 0.353. The Morgan fingerprint density at radius 2 is 2.04 bits per heavy atom. The van der Waals surface area contributed by atoms with Gasteiger partial charge < -0.3 is 19.9 Å². The van der Waals surface area contributed by atoms with Crippen molar-refractivity contribution in [2.45, 2.75) is 19.4 Å². The number of imidazole rings is 1. The molecule has 1 saturated heterocycles. The SMILES string of the molecule is CN(Cc1cnc2ccccn12)c1cc(N2CCCC2)nc(N)n1. The maximum atomic E-state index is 5.94. The Hall–Kier alpha value is -2.83. The molecule has 4 heterocycles. The molecule has 1 aliphatic rings. The van der Waals surface area contributed by atoms with Crippen LogP contribution in [0.2, 0.25) is 0 Å². The van der Waals surface area contributed by atoms with Crippen molar-refractivity contribution >= 4 is 23.2 Å². The highest BCUT2D eigenvalue weighted by Crippen LogP contribution is 2.23. The minimum absolute atomic E-state index is 0.319. The van der Waals surface area contributed by atoms with Gasteiger partial charge in [-0.15, -0.1) is 0 Å². The van der Waals surface area contributed by atoms with E-state index >= 15 is 0 Å². The van der Waals surface area contributed by atoms with Crippen LogP contribution in [-0.4, -0.2) is 39.5 Å².